The summed E-state index contributed by atoms with van der Waals surface area (Å²) in [5.41, 5.74) is -0.425. The first-order chi connectivity index (χ1) is 10.4. The Labute approximate surface area is 134 Å². The minimum Gasteiger partial charge on any atom is -0.444 e. The van der Waals surface area contributed by atoms with Crippen LogP contribution in [0.25, 0.3) is 0 Å². The summed E-state index contributed by atoms with van der Waals surface area (Å²) in [6, 6.07) is 0. The maximum absolute atomic E-state index is 12.2. The van der Waals surface area contributed by atoms with Crippen LogP contribution in [0, 0.1) is 11.8 Å². The summed E-state index contributed by atoms with van der Waals surface area (Å²) in [4.78, 5) is 16.5. The van der Waals surface area contributed by atoms with Crippen LogP contribution >= 0.6 is 0 Å². The number of amides is 1. The number of piperidine rings is 2. The summed E-state index contributed by atoms with van der Waals surface area (Å²) in [7, 11) is 0. The van der Waals surface area contributed by atoms with Crippen molar-refractivity contribution < 1.29 is 14.6 Å². The van der Waals surface area contributed by atoms with Gasteiger partial charge < -0.3 is 19.6 Å². The van der Waals surface area contributed by atoms with Crippen LogP contribution in [0.5, 0.6) is 0 Å². The molecule has 0 aromatic rings. The van der Waals surface area contributed by atoms with Crippen LogP contribution in [0.2, 0.25) is 0 Å². The van der Waals surface area contributed by atoms with Crippen molar-refractivity contribution in [2.45, 2.75) is 52.1 Å². The van der Waals surface area contributed by atoms with Crippen molar-refractivity contribution in [3.8, 4) is 0 Å². The summed E-state index contributed by atoms with van der Waals surface area (Å²) >= 11 is 0. The Hall–Kier alpha value is -0.810. The molecule has 2 heterocycles. The van der Waals surface area contributed by atoms with E-state index in [4.69, 9.17) is 4.74 Å². The van der Waals surface area contributed by atoms with E-state index in [1.54, 1.807) is 0 Å². The van der Waals surface area contributed by atoms with Gasteiger partial charge in [0.1, 0.15) is 5.60 Å². The molecule has 0 radical (unpaired) electrons. The third kappa shape index (κ3) is 5.43. The van der Waals surface area contributed by atoms with E-state index in [0.717, 1.165) is 45.6 Å². The molecule has 2 saturated heterocycles. The molecule has 0 spiro atoms. The molecule has 128 valence electrons. The zero-order valence-electron chi connectivity index (χ0n) is 14.4. The maximum Gasteiger partial charge on any atom is 0.410 e. The van der Waals surface area contributed by atoms with Crippen LogP contribution in [0.4, 0.5) is 4.79 Å². The predicted octanol–water partition coefficient (Wildman–Crippen LogP) is 2.34. The fourth-order valence-corrected chi connectivity index (χ4v) is 3.54. The normalized spacial score (nSPS) is 27.7. The van der Waals surface area contributed by atoms with Gasteiger partial charge in [-0.15, -0.1) is 0 Å². The molecule has 2 fully saturated rings. The minimum absolute atomic E-state index is 0.177. The van der Waals surface area contributed by atoms with Gasteiger partial charge >= 0.3 is 6.09 Å². The molecule has 1 amide bonds. The standard InChI is InChI=1S/C17H32N2O3/c1-17(2,3)22-16(21)19-9-5-6-14(12-19)10-18-8-4-7-15(11-18)13-20/h14-15,20H,4-13H2,1-3H3. The van der Waals surface area contributed by atoms with Crippen LogP contribution in [0.1, 0.15) is 46.5 Å². The second-order valence-electron chi connectivity index (χ2n) is 7.89. The molecule has 5 nitrogen and oxygen atoms in total. The Morgan fingerprint density at radius 3 is 2.50 bits per heavy atom. The molecule has 0 saturated carbocycles. The molecule has 0 aromatic carbocycles. The van der Waals surface area contributed by atoms with E-state index in [9.17, 15) is 9.90 Å². The van der Waals surface area contributed by atoms with E-state index in [1.165, 1.54) is 12.8 Å². The number of likely N-dealkylation sites (tertiary alicyclic amines) is 2. The fraction of sp³-hybridized carbons (Fsp3) is 0.941. The number of hydrogen-bond donors (Lipinski definition) is 1. The van der Waals surface area contributed by atoms with Crippen molar-refractivity contribution in [3.63, 3.8) is 0 Å². The molecule has 2 unspecified atom stereocenters. The predicted molar refractivity (Wildman–Crippen MR) is 86.8 cm³/mol. The number of ether oxygens (including phenoxy) is 1. The maximum atomic E-state index is 12.2. The van der Waals surface area contributed by atoms with Gasteiger partial charge in [0, 0.05) is 32.8 Å². The zero-order valence-corrected chi connectivity index (χ0v) is 14.4. The molecule has 2 rings (SSSR count). The van der Waals surface area contributed by atoms with Gasteiger partial charge in [0.2, 0.25) is 0 Å². The van der Waals surface area contributed by atoms with Crippen LogP contribution in [-0.2, 0) is 4.74 Å². The van der Waals surface area contributed by atoms with Gasteiger partial charge in [0.25, 0.3) is 0 Å². The second-order valence-corrected chi connectivity index (χ2v) is 7.89. The summed E-state index contributed by atoms with van der Waals surface area (Å²) in [6.07, 6.45) is 4.38. The lowest BCUT2D eigenvalue weighted by molar-refractivity contribution is 0.0128. The smallest absolute Gasteiger partial charge is 0.410 e. The highest BCUT2D eigenvalue weighted by Crippen LogP contribution is 2.23. The number of hydrogen-bond acceptors (Lipinski definition) is 4. The first-order valence-electron chi connectivity index (χ1n) is 8.68. The first-order valence-corrected chi connectivity index (χ1v) is 8.68. The quantitative estimate of drug-likeness (QED) is 0.869. The van der Waals surface area contributed by atoms with Gasteiger partial charge in [-0.05, 0) is 64.8 Å². The molecule has 0 aliphatic carbocycles. The molecular formula is C17H32N2O3. The average Bonchev–Trinajstić information content (AvgIpc) is 2.46. The van der Waals surface area contributed by atoms with E-state index in [2.05, 4.69) is 4.90 Å². The molecule has 22 heavy (non-hydrogen) atoms. The Morgan fingerprint density at radius 1 is 1.14 bits per heavy atom. The lowest BCUT2D eigenvalue weighted by Gasteiger charge is -2.38. The van der Waals surface area contributed by atoms with Gasteiger partial charge in [-0.25, -0.2) is 4.79 Å². The van der Waals surface area contributed by atoms with Gasteiger partial charge in [0.15, 0.2) is 0 Å². The number of carbonyl (C=O) groups is 1. The second kappa shape index (κ2) is 7.64. The Balaban J connectivity index is 1.81. The van der Waals surface area contributed by atoms with E-state index < -0.39 is 5.60 Å². The van der Waals surface area contributed by atoms with Gasteiger partial charge in [-0.2, -0.15) is 0 Å². The number of carbonyl (C=O) groups excluding carboxylic acids is 1. The van der Waals surface area contributed by atoms with Crippen LogP contribution in [0.3, 0.4) is 0 Å². The van der Waals surface area contributed by atoms with E-state index in [1.807, 2.05) is 25.7 Å². The monoisotopic (exact) mass is 312 g/mol. The molecule has 0 aromatic heterocycles. The first kappa shape index (κ1) is 17.5. The highest BCUT2D eigenvalue weighted by molar-refractivity contribution is 5.68. The number of rotatable bonds is 3. The van der Waals surface area contributed by atoms with Crippen molar-refractivity contribution in [1.29, 1.82) is 0 Å². The summed E-state index contributed by atoms with van der Waals surface area (Å²) in [5.74, 6) is 0.956. The summed E-state index contributed by atoms with van der Waals surface area (Å²) < 4.78 is 5.49. The highest BCUT2D eigenvalue weighted by Gasteiger charge is 2.29. The highest BCUT2D eigenvalue weighted by atomic mass is 16.6. The Bertz CT molecular complexity index is 367. The van der Waals surface area contributed by atoms with Crippen molar-refractivity contribution in [2.24, 2.45) is 11.8 Å². The Morgan fingerprint density at radius 2 is 1.82 bits per heavy atom. The van der Waals surface area contributed by atoms with Crippen molar-refractivity contribution in [1.82, 2.24) is 9.80 Å². The van der Waals surface area contributed by atoms with Crippen LogP contribution in [0.15, 0.2) is 0 Å². The van der Waals surface area contributed by atoms with E-state index >= 15 is 0 Å². The molecule has 0 bridgehead atoms. The van der Waals surface area contributed by atoms with Gasteiger partial charge in [-0.3, -0.25) is 0 Å². The largest absolute Gasteiger partial charge is 0.444 e. The molecule has 2 aliphatic rings. The molecule has 5 heteroatoms. The molecular weight excluding hydrogens is 280 g/mol. The SMILES string of the molecule is CC(C)(C)OC(=O)N1CCCC(CN2CCCC(CO)C2)C1. The Kier molecular flexibility index (Phi) is 6.09. The zero-order chi connectivity index (χ0) is 16.2. The van der Waals surface area contributed by atoms with E-state index in [-0.39, 0.29) is 6.09 Å². The van der Waals surface area contributed by atoms with Crippen LogP contribution in [-0.4, -0.2) is 65.9 Å². The molecule has 1 N–H and O–H groups in total. The summed E-state index contributed by atoms with van der Waals surface area (Å²) in [6.45, 7) is 10.8. The number of nitrogens with zero attached hydrogens (tertiary/aromatic N) is 2. The van der Waals surface area contributed by atoms with Gasteiger partial charge in [0.05, 0.1) is 0 Å². The van der Waals surface area contributed by atoms with E-state index in [0.29, 0.717) is 18.4 Å². The molecule has 2 aliphatic heterocycles. The fourth-order valence-electron chi connectivity index (χ4n) is 3.54. The number of aliphatic hydroxyl groups excluding tert-OH is 1. The van der Waals surface area contributed by atoms with Crippen molar-refractivity contribution >= 4 is 6.09 Å². The average molecular weight is 312 g/mol. The van der Waals surface area contributed by atoms with Gasteiger partial charge in [-0.1, -0.05) is 0 Å². The van der Waals surface area contributed by atoms with Crippen LogP contribution < -0.4 is 0 Å². The minimum atomic E-state index is -0.425. The van der Waals surface area contributed by atoms with Crippen molar-refractivity contribution in [2.75, 3.05) is 39.3 Å². The lowest BCUT2D eigenvalue weighted by atomic mass is 9.94. The van der Waals surface area contributed by atoms with Crippen molar-refractivity contribution in [3.05, 3.63) is 0 Å². The molecule has 2 atom stereocenters. The summed E-state index contributed by atoms with van der Waals surface area (Å²) in [5, 5.41) is 9.34. The lowest BCUT2D eigenvalue weighted by Crippen LogP contribution is -2.47. The third-order valence-corrected chi connectivity index (χ3v) is 4.55. The topological polar surface area (TPSA) is 53.0 Å². The third-order valence-electron chi connectivity index (χ3n) is 4.55. The number of aliphatic hydroxyl groups is 1.